The molecule has 2 aromatic rings. The molecule has 5 heteroatoms. The van der Waals surface area contributed by atoms with Gasteiger partial charge in [-0.25, -0.2) is 8.42 Å². The van der Waals surface area contributed by atoms with Crippen molar-refractivity contribution in [1.82, 2.24) is 4.98 Å². The minimum absolute atomic E-state index is 0.0882. The topological polar surface area (TPSA) is 64.1 Å². The van der Waals surface area contributed by atoms with Crippen LogP contribution in [0.3, 0.4) is 0 Å². The van der Waals surface area contributed by atoms with Gasteiger partial charge in [0.25, 0.3) is 0 Å². The number of allylic oxidation sites excluding steroid dienone is 2. The van der Waals surface area contributed by atoms with Gasteiger partial charge in [-0.2, -0.15) is 0 Å². The van der Waals surface area contributed by atoms with Gasteiger partial charge in [0.05, 0.1) is 10.6 Å². The van der Waals surface area contributed by atoms with E-state index in [-0.39, 0.29) is 16.1 Å². The Bertz CT molecular complexity index is 944. The summed E-state index contributed by atoms with van der Waals surface area (Å²) in [7, 11) is -3.25. The number of rotatable bonds is 4. The summed E-state index contributed by atoms with van der Waals surface area (Å²) in [6.45, 7) is 4.15. The van der Waals surface area contributed by atoms with Crippen molar-refractivity contribution < 1.29 is 13.2 Å². The summed E-state index contributed by atoms with van der Waals surface area (Å²) in [5.41, 5.74) is 2.88. The highest BCUT2D eigenvalue weighted by molar-refractivity contribution is 7.90. The van der Waals surface area contributed by atoms with Gasteiger partial charge < -0.3 is 0 Å². The van der Waals surface area contributed by atoms with E-state index in [2.05, 4.69) is 18.8 Å². The lowest BCUT2D eigenvalue weighted by atomic mass is 9.77. The molecule has 1 aliphatic rings. The second-order valence-electron chi connectivity index (χ2n) is 6.78. The van der Waals surface area contributed by atoms with Crippen molar-refractivity contribution in [2.75, 3.05) is 6.26 Å². The smallest absolute Gasteiger partial charge is 0.175 e. The number of benzene rings is 1. The van der Waals surface area contributed by atoms with Crippen LogP contribution in [-0.2, 0) is 14.6 Å². The van der Waals surface area contributed by atoms with Gasteiger partial charge in [0.2, 0.25) is 0 Å². The zero-order chi connectivity index (χ0) is 18.2. The Kier molecular flexibility index (Phi) is 4.37. The first-order chi connectivity index (χ1) is 11.8. The van der Waals surface area contributed by atoms with E-state index in [4.69, 9.17) is 0 Å². The number of sulfone groups is 1. The molecule has 0 fully saturated rings. The molecule has 1 unspecified atom stereocenters. The van der Waals surface area contributed by atoms with Crippen LogP contribution in [0.2, 0.25) is 0 Å². The van der Waals surface area contributed by atoms with E-state index in [9.17, 15) is 13.2 Å². The van der Waals surface area contributed by atoms with E-state index in [0.717, 1.165) is 17.6 Å². The van der Waals surface area contributed by atoms with E-state index in [0.29, 0.717) is 17.7 Å². The number of aromatic nitrogens is 1. The number of carbonyl (C=O) groups is 1. The zero-order valence-corrected chi connectivity index (χ0v) is 15.4. The lowest BCUT2D eigenvalue weighted by Gasteiger charge is -2.26. The fourth-order valence-corrected chi connectivity index (χ4v) is 4.05. The molecule has 3 rings (SSSR count). The zero-order valence-electron chi connectivity index (χ0n) is 14.6. The van der Waals surface area contributed by atoms with Crippen LogP contribution in [0, 0.1) is 5.41 Å². The summed E-state index contributed by atoms with van der Waals surface area (Å²) in [4.78, 5) is 17.4. The first-order valence-corrected chi connectivity index (χ1v) is 10.2. The van der Waals surface area contributed by atoms with Crippen LogP contribution in [0.4, 0.5) is 0 Å². The van der Waals surface area contributed by atoms with Gasteiger partial charge in [-0.1, -0.05) is 32.0 Å². The number of nitrogens with zero attached hydrogens (tertiary/aromatic N) is 1. The number of carbonyl (C=O) groups excluding carboxylic acids is 1. The molecule has 0 spiro atoms. The molecule has 0 amide bonds. The Morgan fingerprint density at radius 2 is 1.80 bits per heavy atom. The maximum atomic E-state index is 12.8. The van der Waals surface area contributed by atoms with Crippen LogP contribution >= 0.6 is 0 Å². The van der Waals surface area contributed by atoms with Crippen LogP contribution in [0.15, 0.2) is 53.6 Å². The lowest BCUT2D eigenvalue weighted by molar-refractivity contribution is -0.114. The minimum atomic E-state index is -3.25. The van der Waals surface area contributed by atoms with E-state index in [1.54, 1.807) is 30.5 Å². The summed E-state index contributed by atoms with van der Waals surface area (Å²) < 4.78 is 23.4. The highest BCUT2D eigenvalue weighted by atomic mass is 32.2. The highest BCUT2D eigenvalue weighted by Gasteiger charge is 2.42. The monoisotopic (exact) mass is 355 g/mol. The fraction of sp³-hybridized carbons (Fsp3) is 0.300. The molecule has 1 aromatic carbocycles. The summed E-state index contributed by atoms with van der Waals surface area (Å²) in [5.74, 6) is 0.0882. The average molecular weight is 355 g/mol. The summed E-state index contributed by atoms with van der Waals surface area (Å²) >= 11 is 0. The third-order valence-corrected chi connectivity index (χ3v) is 6.08. The van der Waals surface area contributed by atoms with Crippen molar-refractivity contribution in [3.05, 3.63) is 59.9 Å². The summed E-state index contributed by atoms with van der Waals surface area (Å²) in [6, 6.07) is 12.3. The molecule has 4 nitrogen and oxygen atoms in total. The molecular formula is C20H21NO3S. The Balaban J connectivity index is 2.23. The first kappa shape index (κ1) is 17.5. The molecule has 0 bridgehead atoms. The molecule has 0 saturated carbocycles. The molecule has 0 radical (unpaired) electrons. The average Bonchev–Trinajstić information content (AvgIpc) is 2.86. The Labute approximate surface area is 148 Å². The lowest BCUT2D eigenvalue weighted by Crippen LogP contribution is -2.14. The van der Waals surface area contributed by atoms with E-state index >= 15 is 0 Å². The molecular weight excluding hydrogens is 334 g/mol. The van der Waals surface area contributed by atoms with Crippen molar-refractivity contribution >= 4 is 26.8 Å². The molecule has 1 aromatic heterocycles. The Hall–Kier alpha value is -2.27. The van der Waals surface area contributed by atoms with Gasteiger partial charge in [0, 0.05) is 29.9 Å². The SMILES string of the molecule is CCC1(C)CC(=O)C(c2ccccn2)=C1c1ccc(S(C)(=O)=O)cc1. The van der Waals surface area contributed by atoms with Crippen LogP contribution in [0.5, 0.6) is 0 Å². The Morgan fingerprint density at radius 1 is 1.12 bits per heavy atom. The van der Waals surface area contributed by atoms with Crippen molar-refractivity contribution in [1.29, 1.82) is 0 Å². The maximum absolute atomic E-state index is 12.8. The number of pyridine rings is 1. The molecule has 1 atom stereocenters. The van der Waals surface area contributed by atoms with Gasteiger partial charge in [-0.15, -0.1) is 0 Å². The predicted octanol–water partition coefficient (Wildman–Crippen LogP) is 3.79. The number of Topliss-reactive ketones (excluding diaryl/α,β-unsaturated/α-hetero) is 1. The number of ketones is 1. The molecule has 1 aliphatic carbocycles. The van der Waals surface area contributed by atoms with E-state index in [1.165, 1.54) is 6.26 Å². The summed E-state index contributed by atoms with van der Waals surface area (Å²) in [5, 5.41) is 0. The number of hydrogen-bond acceptors (Lipinski definition) is 4. The molecule has 130 valence electrons. The van der Waals surface area contributed by atoms with E-state index in [1.807, 2.05) is 18.2 Å². The second-order valence-corrected chi connectivity index (χ2v) is 8.79. The van der Waals surface area contributed by atoms with Gasteiger partial charge >= 0.3 is 0 Å². The molecule has 25 heavy (non-hydrogen) atoms. The maximum Gasteiger partial charge on any atom is 0.175 e. The van der Waals surface area contributed by atoms with Crippen LogP contribution in [-0.4, -0.2) is 25.4 Å². The first-order valence-electron chi connectivity index (χ1n) is 8.26. The molecule has 0 saturated heterocycles. The molecule has 1 heterocycles. The summed E-state index contributed by atoms with van der Waals surface area (Å²) in [6.07, 6.45) is 4.13. The van der Waals surface area contributed by atoms with Crippen molar-refractivity contribution in [3.63, 3.8) is 0 Å². The quantitative estimate of drug-likeness (QED) is 0.837. The van der Waals surface area contributed by atoms with Crippen LogP contribution in [0.1, 0.15) is 37.9 Å². The highest BCUT2D eigenvalue weighted by Crippen LogP contribution is 2.51. The van der Waals surface area contributed by atoms with Crippen molar-refractivity contribution in [2.45, 2.75) is 31.6 Å². The number of hydrogen-bond donors (Lipinski definition) is 0. The fourth-order valence-electron chi connectivity index (χ4n) is 3.42. The minimum Gasteiger partial charge on any atom is -0.294 e. The third kappa shape index (κ3) is 3.16. The standard InChI is InChI=1S/C20H21NO3S/c1-4-20(2)13-17(22)18(16-7-5-6-12-21-16)19(20)14-8-10-15(11-9-14)25(3,23)24/h5-12H,4,13H2,1-3H3. The van der Waals surface area contributed by atoms with Gasteiger partial charge in [0.15, 0.2) is 15.6 Å². The second kappa shape index (κ2) is 6.23. The van der Waals surface area contributed by atoms with E-state index < -0.39 is 9.84 Å². The van der Waals surface area contributed by atoms with Crippen molar-refractivity contribution in [3.8, 4) is 0 Å². The van der Waals surface area contributed by atoms with Crippen molar-refractivity contribution in [2.24, 2.45) is 5.41 Å². The molecule has 0 aliphatic heterocycles. The van der Waals surface area contributed by atoms with Gasteiger partial charge in [0.1, 0.15) is 0 Å². The third-order valence-electron chi connectivity index (χ3n) is 4.96. The predicted molar refractivity (Wildman–Crippen MR) is 98.6 cm³/mol. The van der Waals surface area contributed by atoms with Gasteiger partial charge in [-0.05, 0) is 41.8 Å². The van der Waals surface area contributed by atoms with Gasteiger partial charge in [-0.3, -0.25) is 9.78 Å². The largest absolute Gasteiger partial charge is 0.294 e. The Morgan fingerprint density at radius 3 is 2.32 bits per heavy atom. The molecule has 0 N–H and O–H groups in total. The normalized spacial score (nSPS) is 21.0. The van der Waals surface area contributed by atoms with Crippen LogP contribution < -0.4 is 0 Å². The van der Waals surface area contributed by atoms with Crippen LogP contribution in [0.25, 0.3) is 11.1 Å².